The molecule has 0 aromatic heterocycles. The van der Waals surface area contributed by atoms with Crippen molar-refractivity contribution in [2.45, 2.75) is 19.5 Å². The lowest BCUT2D eigenvalue weighted by molar-refractivity contribution is -0.121. The first-order chi connectivity index (χ1) is 12.2. The highest BCUT2D eigenvalue weighted by atomic mass is 16.5. The van der Waals surface area contributed by atoms with Gasteiger partial charge in [0.2, 0.25) is 0 Å². The molecule has 2 nitrogen and oxygen atoms in total. The Morgan fingerprint density at radius 1 is 0.840 bits per heavy atom. The van der Waals surface area contributed by atoms with E-state index in [9.17, 15) is 5.21 Å². The van der Waals surface area contributed by atoms with Crippen molar-refractivity contribution in [3.8, 4) is 11.8 Å². The maximum Gasteiger partial charge on any atom is 0.121 e. The molecule has 0 radical (unpaired) electrons. The third-order valence-corrected chi connectivity index (χ3v) is 4.01. The van der Waals surface area contributed by atoms with Crippen LogP contribution >= 0.6 is 0 Å². The van der Waals surface area contributed by atoms with Crippen molar-refractivity contribution in [3.05, 3.63) is 107 Å². The minimum atomic E-state index is -0.388. The number of hydrogen-bond donors (Lipinski definition) is 1. The van der Waals surface area contributed by atoms with Crippen LogP contribution in [-0.4, -0.2) is 10.3 Å². The van der Waals surface area contributed by atoms with Crippen molar-refractivity contribution >= 4 is 0 Å². The summed E-state index contributed by atoms with van der Waals surface area (Å²) >= 11 is 0. The first-order valence-electron chi connectivity index (χ1n) is 8.35. The molecule has 0 fully saturated rings. The second-order valence-electron chi connectivity index (χ2n) is 6.03. The first-order valence-corrected chi connectivity index (χ1v) is 8.35. The molecule has 0 aliphatic carbocycles. The Morgan fingerprint density at radius 3 is 2.08 bits per heavy atom. The quantitative estimate of drug-likeness (QED) is 0.540. The van der Waals surface area contributed by atoms with Gasteiger partial charge in [-0.05, 0) is 30.2 Å². The van der Waals surface area contributed by atoms with E-state index in [4.69, 9.17) is 0 Å². The molecular weight excluding hydrogens is 306 g/mol. The van der Waals surface area contributed by atoms with E-state index in [-0.39, 0.29) is 6.04 Å². The van der Waals surface area contributed by atoms with Crippen molar-refractivity contribution in [1.82, 2.24) is 5.06 Å². The molecule has 1 N–H and O–H groups in total. The van der Waals surface area contributed by atoms with Gasteiger partial charge in [0, 0.05) is 5.56 Å². The molecule has 2 heteroatoms. The van der Waals surface area contributed by atoms with Gasteiger partial charge in [-0.1, -0.05) is 90.2 Å². The molecule has 0 aliphatic rings. The van der Waals surface area contributed by atoms with Crippen LogP contribution in [-0.2, 0) is 6.54 Å². The van der Waals surface area contributed by atoms with Gasteiger partial charge in [-0.25, -0.2) is 0 Å². The third-order valence-electron chi connectivity index (χ3n) is 4.01. The van der Waals surface area contributed by atoms with Gasteiger partial charge in [0.1, 0.15) is 6.04 Å². The number of hydrogen-bond acceptors (Lipinski definition) is 2. The van der Waals surface area contributed by atoms with Gasteiger partial charge < -0.3 is 5.21 Å². The summed E-state index contributed by atoms with van der Waals surface area (Å²) in [6, 6.07) is 27.5. The van der Waals surface area contributed by atoms with Gasteiger partial charge in [0.05, 0.1) is 6.54 Å². The normalized spacial score (nSPS) is 11.6. The van der Waals surface area contributed by atoms with E-state index in [0.29, 0.717) is 6.54 Å². The fraction of sp³-hybridized carbons (Fsp3) is 0.130. The fourth-order valence-corrected chi connectivity index (χ4v) is 2.61. The molecule has 0 bridgehead atoms. The molecule has 3 aromatic rings. The van der Waals surface area contributed by atoms with Gasteiger partial charge in [0.15, 0.2) is 0 Å². The molecule has 3 aromatic carbocycles. The van der Waals surface area contributed by atoms with Crippen LogP contribution in [0.25, 0.3) is 0 Å². The summed E-state index contributed by atoms with van der Waals surface area (Å²) in [5.41, 5.74) is 4.15. The largest absolute Gasteiger partial charge is 0.312 e. The smallest absolute Gasteiger partial charge is 0.121 e. The number of hydroxylamine groups is 2. The van der Waals surface area contributed by atoms with E-state index in [1.807, 2.05) is 84.9 Å². The monoisotopic (exact) mass is 327 g/mol. The molecule has 0 amide bonds. The molecule has 25 heavy (non-hydrogen) atoms. The predicted octanol–water partition coefficient (Wildman–Crippen LogP) is 4.98. The van der Waals surface area contributed by atoms with Crippen LogP contribution in [0.5, 0.6) is 0 Å². The molecular formula is C23H21NO. The molecule has 1 unspecified atom stereocenters. The lowest BCUT2D eigenvalue weighted by Gasteiger charge is -2.22. The molecule has 0 spiro atoms. The van der Waals surface area contributed by atoms with Crippen LogP contribution in [0.2, 0.25) is 0 Å². The minimum absolute atomic E-state index is 0.388. The van der Waals surface area contributed by atoms with Crippen molar-refractivity contribution in [2.75, 3.05) is 0 Å². The minimum Gasteiger partial charge on any atom is -0.312 e. The average molecular weight is 327 g/mol. The molecule has 124 valence electrons. The highest BCUT2D eigenvalue weighted by molar-refractivity contribution is 5.38. The van der Waals surface area contributed by atoms with E-state index in [0.717, 1.165) is 16.7 Å². The highest BCUT2D eigenvalue weighted by Gasteiger charge is 2.17. The van der Waals surface area contributed by atoms with Crippen molar-refractivity contribution in [1.29, 1.82) is 0 Å². The molecule has 0 saturated heterocycles. The fourth-order valence-electron chi connectivity index (χ4n) is 2.61. The Morgan fingerprint density at radius 2 is 1.44 bits per heavy atom. The zero-order valence-corrected chi connectivity index (χ0v) is 14.3. The SMILES string of the molecule is Cc1ccc(C(C#Cc2ccccc2)N(O)Cc2ccccc2)cc1. The van der Waals surface area contributed by atoms with E-state index in [2.05, 4.69) is 18.8 Å². The van der Waals surface area contributed by atoms with Crippen LogP contribution in [0, 0.1) is 18.8 Å². The topological polar surface area (TPSA) is 23.5 Å². The maximum absolute atomic E-state index is 10.7. The van der Waals surface area contributed by atoms with E-state index in [1.54, 1.807) is 0 Å². The standard InChI is InChI=1S/C23H21NO/c1-19-12-15-22(16-13-19)23(17-14-20-8-4-2-5-9-20)24(25)18-21-10-6-3-7-11-21/h2-13,15-16,23,25H,18H2,1H3. The van der Waals surface area contributed by atoms with E-state index >= 15 is 0 Å². The molecule has 1 atom stereocenters. The number of benzene rings is 3. The van der Waals surface area contributed by atoms with E-state index in [1.165, 1.54) is 10.6 Å². The summed E-state index contributed by atoms with van der Waals surface area (Å²) < 4.78 is 0. The van der Waals surface area contributed by atoms with Crippen LogP contribution in [0.3, 0.4) is 0 Å². The molecule has 0 saturated carbocycles. The Balaban J connectivity index is 1.88. The van der Waals surface area contributed by atoms with Gasteiger partial charge in [-0.3, -0.25) is 0 Å². The summed E-state index contributed by atoms with van der Waals surface area (Å²) in [7, 11) is 0. The second kappa shape index (κ2) is 8.30. The summed E-state index contributed by atoms with van der Waals surface area (Å²) in [4.78, 5) is 0. The molecule has 3 rings (SSSR count). The van der Waals surface area contributed by atoms with E-state index < -0.39 is 0 Å². The summed E-state index contributed by atoms with van der Waals surface area (Å²) in [6.07, 6.45) is 0. The van der Waals surface area contributed by atoms with Gasteiger partial charge in [-0.2, -0.15) is 5.06 Å². The summed E-state index contributed by atoms with van der Waals surface area (Å²) in [5.74, 6) is 6.39. The molecule has 0 aliphatic heterocycles. The Labute approximate surface area is 149 Å². The lowest BCUT2D eigenvalue weighted by atomic mass is 10.0. The summed E-state index contributed by atoms with van der Waals surface area (Å²) in [5, 5.41) is 12.0. The van der Waals surface area contributed by atoms with Crippen LogP contribution in [0.15, 0.2) is 84.9 Å². The van der Waals surface area contributed by atoms with Gasteiger partial charge >= 0.3 is 0 Å². The van der Waals surface area contributed by atoms with Crippen molar-refractivity contribution in [2.24, 2.45) is 0 Å². The summed E-state index contributed by atoms with van der Waals surface area (Å²) in [6.45, 7) is 2.47. The highest BCUT2D eigenvalue weighted by Crippen LogP contribution is 2.21. The van der Waals surface area contributed by atoms with Crippen molar-refractivity contribution in [3.63, 3.8) is 0 Å². The zero-order valence-electron chi connectivity index (χ0n) is 14.3. The predicted molar refractivity (Wildman–Crippen MR) is 101 cm³/mol. The number of aryl methyl sites for hydroxylation is 1. The first kappa shape index (κ1) is 17.0. The lowest BCUT2D eigenvalue weighted by Crippen LogP contribution is -2.24. The Kier molecular flexibility index (Phi) is 5.64. The zero-order chi connectivity index (χ0) is 17.5. The van der Waals surface area contributed by atoms with Crippen LogP contribution < -0.4 is 0 Å². The average Bonchev–Trinajstić information content (AvgIpc) is 2.65. The van der Waals surface area contributed by atoms with Crippen LogP contribution in [0.4, 0.5) is 0 Å². The second-order valence-corrected chi connectivity index (χ2v) is 6.03. The number of nitrogens with zero attached hydrogens (tertiary/aromatic N) is 1. The Bertz CT molecular complexity index is 845. The third kappa shape index (κ3) is 4.81. The van der Waals surface area contributed by atoms with Crippen molar-refractivity contribution < 1.29 is 5.21 Å². The van der Waals surface area contributed by atoms with Gasteiger partial charge in [-0.15, -0.1) is 0 Å². The van der Waals surface area contributed by atoms with Gasteiger partial charge in [0.25, 0.3) is 0 Å². The Hall–Kier alpha value is -2.86. The van der Waals surface area contributed by atoms with Crippen LogP contribution in [0.1, 0.15) is 28.3 Å². The molecule has 0 heterocycles. The number of rotatable bonds is 4. The maximum atomic E-state index is 10.7.